The van der Waals surface area contributed by atoms with Crippen LogP contribution < -0.4 is 5.32 Å². The molecule has 0 unspecified atom stereocenters. The molecule has 0 saturated heterocycles. The Bertz CT molecular complexity index is 514. The van der Waals surface area contributed by atoms with Crippen molar-refractivity contribution < 1.29 is 0 Å². The fourth-order valence-electron chi connectivity index (χ4n) is 1.46. The van der Waals surface area contributed by atoms with Crippen molar-refractivity contribution in [2.75, 3.05) is 5.32 Å². The van der Waals surface area contributed by atoms with Gasteiger partial charge in [0, 0.05) is 7.05 Å². The average Bonchev–Trinajstić information content (AvgIpc) is 2.62. The highest BCUT2D eigenvalue weighted by atomic mass is 35.5. The Labute approximate surface area is 109 Å². The fourth-order valence-corrected chi connectivity index (χ4v) is 2.06. The summed E-state index contributed by atoms with van der Waals surface area (Å²) in [7, 11) is 1.83. The summed E-state index contributed by atoms with van der Waals surface area (Å²) in [6.07, 6.45) is 1.69. The highest BCUT2D eigenvalue weighted by Crippen LogP contribution is 2.26. The lowest BCUT2D eigenvalue weighted by atomic mass is 10.2. The van der Waals surface area contributed by atoms with Crippen LogP contribution in [0.25, 0.3) is 0 Å². The molecule has 0 aromatic carbocycles. The van der Waals surface area contributed by atoms with E-state index in [9.17, 15) is 0 Å². The topological polar surface area (TPSA) is 55.6 Å². The first-order valence-corrected chi connectivity index (χ1v) is 5.73. The molecule has 5 nitrogen and oxygen atoms in total. The van der Waals surface area contributed by atoms with Gasteiger partial charge in [-0.05, 0) is 18.6 Å². The van der Waals surface area contributed by atoms with Crippen molar-refractivity contribution in [1.82, 2.24) is 20.0 Å². The van der Waals surface area contributed by atoms with Crippen LogP contribution in [0.2, 0.25) is 10.3 Å². The molecular weight excluding hydrogens is 261 g/mol. The minimum atomic E-state index is 0.366. The number of rotatable bonds is 3. The Morgan fingerprint density at radius 1 is 1.41 bits per heavy atom. The maximum Gasteiger partial charge on any atom is 0.154 e. The maximum absolute atomic E-state index is 6.02. The van der Waals surface area contributed by atoms with E-state index in [0.29, 0.717) is 16.9 Å². The number of nitrogens with zero attached hydrogens (tertiary/aromatic N) is 4. The highest BCUT2D eigenvalue weighted by molar-refractivity contribution is 6.34. The van der Waals surface area contributed by atoms with Crippen molar-refractivity contribution in [3.8, 4) is 0 Å². The van der Waals surface area contributed by atoms with E-state index in [1.807, 2.05) is 14.0 Å². The minimum absolute atomic E-state index is 0.366. The number of aromatic nitrogens is 4. The van der Waals surface area contributed by atoms with Crippen molar-refractivity contribution in [2.45, 2.75) is 13.5 Å². The number of hydrogen-bond donors (Lipinski definition) is 1. The Hall–Kier alpha value is -1.33. The molecule has 2 aromatic rings. The van der Waals surface area contributed by atoms with Crippen molar-refractivity contribution >= 4 is 28.9 Å². The predicted octanol–water partition coefficient (Wildman–Crippen LogP) is 2.44. The Morgan fingerprint density at radius 3 is 2.76 bits per heavy atom. The Balaban J connectivity index is 2.17. The van der Waals surface area contributed by atoms with Crippen LogP contribution in [0.5, 0.6) is 0 Å². The number of halogens is 2. The molecule has 90 valence electrons. The molecule has 0 spiro atoms. The molecule has 2 aromatic heterocycles. The monoisotopic (exact) mass is 271 g/mol. The number of aryl methyl sites for hydroxylation is 2. The van der Waals surface area contributed by atoms with Crippen molar-refractivity contribution in [3.05, 3.63) is 33.8 Å². The summed E-state index contributed by atoms with van der Waals surface area (Å²) in [6.45, 7) is 2.50. The largest absolute Gasteiger partial charge is 0.377 e. The maximum atomic E-state index is 6.02. The lowest BCUT2D eigenvalue weighted by Gasteiger charge is -2.10. The van der Waals surface area contributed by atoms with E-state index in [0.717, 1.165) is 16.9 Å². The molecule has 2 heterocycles. The van der Waals surface area contributed by atoms with Gasteiger partial charge in [-0.25, -0.2) is 4.98 Å². The van der Waals surface area contributed by atoms with Crippen molar-refractivity contribution in [3.63, 3.8) is 0 Å². The second-order valence-corrected chi connectivity index (χ2v) is 4.38. The van der Waals surface area contributed by atoms with Crippen molar-refractivity contribution in [1.29, 1.82) is 0 Å². The van der Waals surface area contributed by atoms with Crippen LogP contribution in [0.3, 0.4) is 0 Å². The SMILES string of the molecule is Cc1cc(Cl)nc(Cl)c1NCc1cnnn1C. The second-order valence-electron chi connectivity index (χ2n) is 3.63. The van der Waals surface area contributed by atoms with Gasteiger partial charge in [-0.3, -0.25) is 4.68 Å². The van der Waals surface area contributed by atoms with Gasteiger partial charge in [-0.15, -0.1) is 5.10 Å². The lowest BCUT2D eigenvalue weighted by molar-refractivity contribution is 0.683. The summed E-state index contributed by atoms with van der Waals surface area (Å²) >= 11 is 11.8. The highest BCUT2D eigenvalue weighted by Gasteiger charge is 2.08. The molecule has 17 heavy (non-hydrogen) atoms. The summed E-state index contributed by atoms with van der Waals surface area (Å²) in [6, 6.07) is 1.76. The van der Waals surface area contributed by atoms with Crippen LogP contribution >= 0.6 is 23.2 Å². The smallest absolute Gasteiger partial charge is 0.154 e. The van der Waals surface area contributed by atoms with Gasteiger partial charge < -0.3 is 5.32 Å². The standard InChI is InChI=1S/C10H11Cl2N5/c1-6-3-8(11)15-10(12)9(6)13-4-7-5-14-16-17(7)2/h3,5,13H,4H2,1-2H3. The number of hydrogen-bond acceptors (Lipinski definition) is 4. The van der Waals surface area contributed by atoms with Crippen LogP contribution in [0.4, 0.5) is 5.69 Å². The van der Waals surface area contributed by atoms with Gasteiger partial charge in [0.05, 0.1) is 24.1 Å². The molecule has 1 N–H and O–H groups in total. The van der Waals surface area contributed by atoms with E-state index in [2.05, 4.69) is 20.6 Å². The summed E-state index contributed by atoms with van der Waals surface area (Å²) in [5, 5.41) is 11.6. The van der Waals surface area contributed by atoms with Gasteiger partial charge in [0.25, 0.3) is 0 Å². The van der Waals surface area contributed by atoms with E-state index in [1.165, 1.54) is 0 Å². The van der Waals surface area contributed by atoms with Crippen LogP contribution in [0, 0.1) is 6.92 Å². The van der Waals surface area contributed by atoms with Gasteiger partial charge >= 0.3 is 0 Å². The summed E-state index contributed by atoms with van der Waals surface area (Å²) in [5.74, 6) is 0. The molecular formula is C10H11Cl2N5. The predicted molar refractivity (Wildman–Crippen MR) is 67.3 cm³/mol. The zero-order chi connectivity index (χ0) is 12.4. The normalized spacial score (nSPS) is 10.6. The van der Waals surface area contributed by atoms with E-state index in [1.54, 1.807) is 16.9 Å². The molecule has 0 aliphatic carbocycles. The zero-order valence-corrected chi connectivity index (χ0v) is 10.9. The third-order valence-electron chi connectivity index (χ3n) is 2.40. The summed E-state index contributed by atoms with van der Waals surface area (Å²) in [5.41, 5.74) is 2.68. The fraction of sp³-hybridized carbons (Fsp3) is 0.300. The first-order valence-electron chi connectivity index (χ1n) is 4.98. The molecule has 7 heteroatoms. The molecule has 0 aliphatic heterocycles. The number of pyridine rings is 1. The Kier molecular flexibility index (Phi) is 3.49. The van der Waals surface area contributed by atoms with Gasteiger partial charge in [0.15, 0.2) is 5.15 Å². The van der Waals surface area contributed by atoms with Gasteiger partial charge in [-0.2, -0.15) is 0 Å². The number of nitrogens with one attached hydrogen (secondary N) is 1. The van der Waals surface area contributed by atoms with E-state index >= 15 is 0 Å². The van der Waals surface area contributed by atoms with Gasteiger partial charge in [-0.1, -0.05) is 28.4 Å². The first-order chi connectivity index (χ1) is 8.08. The van der Waals surface area contributed by atoms with E-state index in [4.69, 9.17) is 23.2 Å². The Morgan fingerprint density at radius 2 is 2.18 bits per heavy atom. The average molecular weight is 272 g/mol. The first kappa shape index (κ1) is 12.1. The van der Waals surface area contributed by atoms with Gasteiger partial charge in [0.2, 0.25) is 0 Å². The minimum Gasteiger partial charge on any atom is -0.377 e. The summed E-state index contributed by atoms with van der Waals surface area (Å²) in [4.78, 5) is 3.99. The number of anilines is 1. The van der Waals surface area contributed by atoms with Crippen LogP contribution in [0.15, 0.2) is 12.3 Å². The van der Waals surface area contributed by atoms with E-state index < -0.39 is 0 Å². The van der Waals surface area contributed by atoms with Crippen LogP contribution in [-0.2, 0) is 13.6 Å². The van der Waals surface area contributed by atoms with Gasteiger partial charge in [0.1, 0.15) is 5.15 Å². The van der Waals surface area contributed by atoms with Crippen LogP contribution in [0.1, 0.15) is 11.3 Å². The van der Waals surface area contributed by atoms with E-state index in [-0.39, 0.29) is 0 Å². The molecule has 2 rings (SSSR count). The molecule has 0 amide bonds. The molecule has 0 atom stereocenters. The van der Waals surface area contributed by atoms with Crippen molar-refractivity contribution in [2.24, 2.45) is 7.05 Å². The molecule has 0 radical (unpaired) electrons. The second kappa shape index (κ2) is 4.89. The third-order valence-corrected chi connectivity index (χ3v) is 2.86. The lowest BCUT2D eigenvalue weighted by Crippen LogP contribution is -2.07. The molecule has 0 bridgehead atoms. The third kappa shape index (κ3) is 2.68. The molecule has 0 saturated carbocycles. The summed E-state index contributed by atoms with van der Waals surface area (Å²) < 4.78 is 1.69. The quantitative estimate of drug-likeness (QED) is 0.872. The molecule has 0 fully saturated rings. The molecule has 0 aliphatic rings. The van der Waals surface area contributed by atoms with Crippen LogP contribution in [-0.4, -0.2) is 20.0 Å². The zero-order valence-electron chi connectivity index (χ0n) is 9.41.